The molecule has 0 radical (unpaired) electrons. The Labute approximate surface area is 207 Å². The van der Waals surface area contributed by atoms with Crippen LogP contribution in [0.4, 0.5) is 5.82 Å². The van der Waals surface area contributed by atoms with Crippen molar-refractivity contribution in [2.24, 2.45) is 0 Å². The van der Waals surface area contributed by atoms with Crippen molar-refractivity contribution in [1.29, 1.82) is 0 Å². The summed E-state index contributed by atoms with van der Waals surface area (Å²) in [5, 5.41) is 3.90. The second-order valence-electron chi connectivity index (χ2n) is 8.83. The van der Waals surface area contributed by atoms with Crippen molar-refractivity contribution in [3.8, 4) is 11.4 Å². The minimum Gasteiger partial charge on any atom is -0.487 e. The van der Waals surface area contributed by atoms with Gasteiger partial charge in [-0.2, -0.15) is 0 Å². The minimum absolute atomic E-state index is 0.166. The zero-order valence-electron chi connectivity index (χ0n) is 19.3. The average Bonchev–Trinajstić information content (AvgIpc) is 3.33. The van der Waals surface area contributed by atoms with Gasteiger partial charge in [-0.05, 0) is 62.7 Å². The Hall–Kier alpha value is -3.14. The fraction of sp³-hybridized carbons (Fsp3) is 0.400. The van der Waals surface area contributed by atoms with Crippen LogP contribution in [0.1, 0.15) is 25.0 Å². The highest BCUT2D eigenvalue weighted by atomic mass is 35.5. The zero-order chi connectivity index (χ0) is 24.2. The predicted octanol–water partition coefficient (Wildman–Crippen LogP) is 2.50. The van der Waals surface area contributed by atoms with Crippen LogP contribution >= 0.6 is 11.6 Å². The lowest BCUT2D eigenvalue weighted by atomic mass is 10.1. The van der Waals surface area contributed by atoms with Crippen molar-refractivity contribution >= 4 is 17.4 Å². The van der Waals surface area contributed by atoms with Gasteiger partial charge in [0.25, 0.3) is 11.1 Å². The Morgan fingerprint density at radius 2 is 1.91 bits per heavy atom. The number of rotatable bonds is 7. The molecule has 2 aliphatic heterocycles. The van der Waals surface area contributed by atoms with Gasteiger partial charge >= 0.3 is 0 Å². The van der Waals surface area contributed by atoms with Crippen LogP contribution in [-0.4, -0.2) is 52.9 Å². The second kappa shape index (κ2) is 10.6. The highest BCUT2D eigenvalue weighted by Crippen LogP contribution is 2.22. The third kappa shape index (κ3) is 5.75. The summed E-state index contributed by atoms with van der Waals surface area (Å²) < 4.78 is 13.2. The second-order valence-corrected chi connectivity index (χ2v) is 9.26. The molecule has 184 valence electrons. The summed E-state index contributed by atoms with van der Waals surface area (Å²) in [5.74, 6) is 1.13. The number of anilines is 1. The van der Waals surface area contributed by atoms with Gasteiger partial charge in [0.05, 0.1) is 22.9 Å². The first kappa shape index (κ1) is 23.6. The van der Waals surface area contributed by atoms with E-state index in [2.05, 4.69) is 20.2 Å². The number of piperidine rings is 1. The summed E-state index contributed by atoms with van der Waals surface area (Å²) in [6, 6.07) is 10.00. The smallest absolute Gasteiger partial charge is 0.273 e. The Morgan fingerprint density at radius 1 is 1.06 bits per heavy atom. The molecule has 2 fully saturated rings. The fourth-order valence-corrected chi connectivity index (χ4v) is 4.60. The van der Waals surface area contributed by atoms with E-state index < -0.39 is 0 Å². The highest BCUT2D eigenvalue weighted by molar-refractivity contribution is 6.30. The van der Waals surface area contributed by atoms with Crippen LogP contribution < -0.4 is 26.1 Å². The zero-order valence-corrected chi connectivity index (χ0v) is 20.0. The predicted molar refractivity (Wildman–Crippen MR) is 134 cm³/mol. The summed E-state index contributed by atoms with van der Waals surface area (Å²) in [6.45, 7) is 3.77. The molecule has 3 aromatic heterocycles. The molecule has 2 saturated heterocycles. The van der Waals surface area contributed by atoms with Crippen LogP contribution in [0.25, 0.3) is 5.69 Å². The van der Waals surface area contributed by atoms with Crippen LogP contribution in [0.3, 0.4) is 0 Å². The topological polar surface area (TPSA) is 101 Å². The molecule has 2 aliphatic rings. The van der Waals surface area contributed by atoms with Crippen LogP contribution in [0, 0.1) is 0 Å². The van der Waals surface area contributed by atoms with Gasteiger partial charge in [-0.1, -0.05) is 11.6 Å². The molecule has 1 unspecified atom stereocenters. The SMILES string of the molecule is O=c1[nH]c(N2CCC(OC3CCNCC3)C2)ccc1-n1ccc(OCc2ccc(Cl)cn2)cc1=O. The first-order valence-electron chi connectivity index (χ1n) is 11.9. The van der Waals surface area contributed by atoms with E-state index in [1.54, 1.807) is 24.3 Å². The number of hydrogen-bond donors (Lipinski definition) is 2. The first-order valence-corrected chi connectivity index (χ1v) is 12.2. The third-order valence-corrected chi connectivity index (χ3v) is 6.58. The van der Waals surface area contributed by atoms with Gasteiger partial charge in [-0.25, -0.2) is 0 Å². The maximum Gasteiger partial charge on any atom is 0.273 e. The Morgan fingerprint density at radius 3 is 2.66 bits per heavy atom. The summed E-state index contributed by atoms with van der Waals surface area (Å²) in [7, 11) is 0. The molecule has 9 nitrogen and oxygen atoms in total. The molecule has 3 aromatic rings. The van der Waals surface area contributed by atoms with Crippen LogP contribution in [-0.2, 0) is 11.3 Å². The largest absolute Gasteiger partial charge is 0.487 e. The van der Waals surface area contributed by atoms with Crippen molar-refractivity contribution in [1.82, 2.24) is 19.9 Å². The fourth-order valence-electron chi connectivity index (χ4n) is 4.49. The van der Waals surface area contributed by atoms with Crippen molar-refractivity contribution in [3.05, 3.63) is 80.2 Å². The molecular weight excluding hydrogens is 470 g/mol. The molecule has 0 saturated carbocycles. The lowest BCUT2D eigenvalue weighted by molar-refractivity contribution is -0.0153. The number of pyridine rings is 3. The number of nitrogens with zero attached hydrogens (tertiary/aromatic N) is 3. The van der Waals surface area contributed by atoms with E-state index in [-0.39, 0.29) is 29.5 Å². The van der Waals surface area contributed by atoms with Crippen molar-refractivity contribution in [2.75, 3.05) is 31.1 Å². The van der Waals surface area contributed by atoms with Crippen LogP contribution in [0.2, 0.25) is 5.02 Å². The third-order valence-electron chi connectivity index (χ3n) is 6.36. The molecule has 5 heterocycles. The summed E-state index contributed by atoms with van der Waals surface area (Å²) in [6.07, 6.45) is 6.56. The van der Waals surface area contributed by atoms with Crippen molar-refractivity contribution in [3.63, 3.8) is 0 Å². The number of aromatic nitrogens is 3. The number of halogens is 1. The standard InChI is InChI=1S/C25H28ClN5O4/c26-17-1-2-18(28-14-17)16-34-20-8-12-31(24(32)13-20)22-3-4-23(29-25(22)33)30-11-7-21(15-30)35-19-5-9-27-10-6-19/h1-4,8,12-14,19,21,27H,5-7,9-11,15-16H2,(H,29,33). The van der Waals surface area contributed by atoms with E-state index >= 15 is 0 Å². The van der Waals surface area contributed by atoms with Crippen LogP contribution in [0.15, 0.2) is 58.4 Å². The number of ether oxygens (including phenoxy) is 2. The van der Waals surface area contributed by atoms with E-state index in [4.69, 9.17) is 21.1 Å². The van der Waals surface area contributed by atoms with Crippen molar-refractivity contribution in [2.45, 2.75) is 38.1 Å². The molecule has 0 spiro atoms. The number of H-pyrrole nitrogens is 1. The highest BCUT2D eigenvalue weighted by Gasteiger charge is 2.27. The van der Waals surface area contributed by atoms with Gasteiger partial charge in [-0.15, -0.1) is 0 Å². The van der Waals surface area contributed by atoms with Gasteiger partial charge in [0.2, 0.25) is 0 Å². The first-order chi connectivity index (χ1) is 17.0. The molecule has 0 aromatic carbocycles. The molecule has 5 rings (SSSR count). The Bertz CT molecular complexity index is 1270. The number of nitrogens with one attached hydrogen (secondary N) is 2. The van der Waals surface area contributed by atoms with Crippen LogP contribution in [0.5, 0.6) is 5.75 Å². The van der Waals surface area contributed by atoms with E-state index in [1.807, 2.05) is 6.07 Å². The van der Waals surface area contributed by atoms with E-state index in [1.165, 1.54) is 23.0 Å². The van der Waals surface area contributed by atoms with Crippen molar-refractivity contribution < 1.29 is 9.47 Å². The summed E-state index contributed by atoms with van der Waals surface area (Å²) >= 11 is 5.84. The summed E-state index contributed by atoms with van der Waals surface area (Å²) in [5.41, 5.74) is 0.259. The number of hydrogen-bond acceptors (Lipinski definition) is 7. The van der Waals surface area contributed by atoms with Gasteiger partial charge in [-0.3, -0.25) is 19.1 Å². The summed E-state index contributed by atoms with van der Waals surface area (Å²) in [4.78, 5) is 34.7. The number of aromatic amines is 1. The minimum atomic E-state index is -0.360. The molecule has 0 aliphatic carbocycles. The average molecular weight is 498 g/mol. The normalized spacial score (nSPS) is 18.7. The lowest BCUT2D eigenvalue weighted by Crippen LogP contribution is -2.35. The molecule has 35 heavy (non-hydrogen) atoms. The molecule has 2 N–H and O–H groups in total. The molecule has 1 atom stereocenters. The van der Waals surface area contributed by atoms with E-state index in [0.29, 0.717) is 22.6 Å². The maximum absolute atomic E-state index is 12.8. The van der Waals surface area contributed by atoms with E-state index in [0.717, 1.165) is 51.3 Å². The molecule has 10 heteroatoms. The van der Waals surface area contributed by atoms with Gasteiger partial charge in [0, 0.05) is 31.5 Å². The maximum atomic E-state index is 12.8. The Balaban J connectivity index is 1.23. The molecule has 0 amide bonds. The van der Waals surface area contributed by atoms with Gasteiger partial charge in [0.1, 0.15) is 23.9 Å². The quantitative estimate of drug-likeness (QED) is 0.517. The van der Waals surface area contributed by atoms with E-state index in [9.17, 15) is 9.59 Å². The Kier molecular flexibility index (Phi) is 7.17. The lowest BCUT2D eigenvalue weighted by Gasteiger charge is -2.26. The van der Waals surface area contributed by atoms with Gasteiger partial charge < -0.3 is 24.7 Å². The monoisotopic (exact) mass is 497 g/mol. The molecule has 0 bridgehead atoms. The molecular formula is C25H28ClN5O4. The van der Waals surface area contributed by atoms with Gasteiger partial charge in [0.15, 0.2) is 0 Å².